The number of pyridine rings is 1. The van der Waals surface area contributed by atoms with E-state index in [9.17, 15) is 18.0 Å². The first-order valence-corrected chi connectivity index (χ1v) is 11.4. The molecule has 1 saturated heterocycles. The van der Waals surface area contributed by atoms with E-state index in [-0.39, 0.29) is 12.4 Å². The van der Waals surface area contributed by atoms with E-state index in [1.54, 1.807) is 4.90 Å². The lowest BCUT2D eigenvalue weighted by Crippen LogP contribution is -2.53. The van der Waals surface area contributed by atoms with Crippen LogP contribution in [0.3, 0.4) is 0 Å². The summed E-state index contributed by atoms with van der Waals surface area (Å²) in [6.45, 7) is 6.89. The molecule has 186 valence electrons. The maximum atomic E-state index is 13.5. The summed E-state index contributed by atoms with van der Waals surface area (Å²) in [5.41, 5.74) is 1.27. The molecule has 2 aliphatic heterocycles. The van der Waals surface area contributed by atoms with Crippen molar-refractivity contribution in [3.8, 4) is 0 Å². The summed E-state index contributed by atoms with van der Waals surface area (Å²) < 4.78 is 45.7. The maximum absolute atomic E-state index is 13.5. The van der Waals surface area contributed by atoms with Gasteiger partial charge in [-0.25, -0.2) is 9.98 Å². The Balaban J connectivity index is 1.58. The van der Waals surface area contributed by atoms with Crippen molar-refractivity contribution in [2.24, 2.45) is 4.99 Å². The molecular formula is C25H28F3N5O2. The van der Waals surface area contributed by atoms with E-state index in [1.807, 2.05) is 49.1 Å². The van der Waals surface area contributed by atoms with Gasteiger partial charge in [0.05, 0.1) is 5.56 Å². The van der Waals surface area contributed by atoms with Gasteiger partial charge < -0.3 is 19.9 Å². The molecule has 1 aromatic heterocycles. The third-order valence-corrected chi connectivity index (χ3v) is 5.92. The van der Waals surface area contributed by atoms with Gasteiger partial charge in [0.15, 0.2) is 5.66 Å². The van der Waals surface area contributed by atoms with Gasteiger partial charge in [-0.15, -0.1) is 0 Å². The molecular weight excluding hydrogens is 459 g/mol. The van der Waals surface area contributed by atoms with Gasteiger partial charge in [0.1, 0.15) is 18.3 Å². The van der Waals surface area contributed by atoms with Crippen LogP contribution in [-0.4, -0.2) is 60.1 Å². The molecule has 0 bridgehead atoms. The van der Waals surface area contributed by atoms with Crippen LogP contribution in [0.15, 0.2) is 53.7 Å². The Kier molecular flexibility index (Phi) is 6.73. The van der Waals surface area contributed by atoms with E-state index in [2.05, 4.69) is 10.3 Å². The van der Waals surface area contributed by atoms with Gasteiger partial charge in [0.25, 0.3) is 0 Å². The second-order valence-corrected chi connectivity index (χ2v) is 8.92. The Morgan fingerprint density at radius 3 is 2.51 bits per heavy atom. The summed E-state index contributed by atoms with van der Waals surface area (Å²) in [6.07, 6.45) is -1.16. The van der Waals surface area contributed by atoms with Crippen LogP contribution < -0.4 is 10.2 Å². The summed E-state index contributed by atoms with van der Waals surface area (Å²) in [4.78, 5) is 24.0. The van der Waals surface area contributed by atoms with Crippen LogP contribution in [0.5, 0.6) is 0 Å². The second kappa shape index (κ2) is 9.59. The molecule has 3 heterocycles. The number of nitrogens with zero attached hydrogens (tertiary/aromatic N) is 4. The minimum atomic E-state index is -4.47. The van der Waals surface area contributed by atoms with Gasteiger partial charge in [-0.3, -0.25) is 4.79 Å². The number of ether oxygens (including phenoxy) is 1. The quantitative estimate of drug-likeness (QED) is 0.661. The van der Waals surface area contributed by atoms with Crippen molar-refractivity contribution in [1.29, 1.82) is 0 Å². The van der Waals surface area contributed by atoms with Crippen LogP contribution in [0.1, 0.15) is 30.5 Å². The highest BCUT2D eigenvalue weighted by atomic mass is 19.4. The summed E-state index contributed by atoms with van der Waals surface area (Å²) in [7, 11) is 0. The average molecular weight is 488 g/mol. The largest absolute Gasteiger partial charge is 0.461 e. The lowest BCUT2D eigenvalue weighted by molar-refractivity contribution is -0.142. The molecule has 1 atom stereocenters. The number of amidine groups is 1. The SMILES string of the molecule is CC(=O)OCC1(C)N=C(N2CCN(c3ncccc3C(F)(F)F)CC2)C=C(c2cccc(C)c2)N1. The van der Waals surface area contributed by atoms with Gasteiger partial charge in [-0.1, -0.05) is 23.8 Å². The number of carbonyl (C=O) groups is 1. The van der Waals surface area contributed by atoms with E-state index in [1.165, 1.54) is 19.2 Å². The zero-order valence-corrected chi connectivity index (χ0v) is 19.9. The van der Waals surface area contributed by atoms with Crippen molar-refractivity contribution in [3.05, 3.63) is 65.4 Å². The Bertz CT molecular complexity index is 1160. The van der Waals surface area contributed by atoms with Crippen molar-refractivity contribution in [2.75, 3.05) is 37.7 Å². The van der Waals surface area contributed by atoms with Crippen molar-refractivity contribution >= 4 is 23.3 Å². The lowest BCUT2D eigenvalue weighted by Gasteiger charge is -2.40. The number of anilines is 1. The highest BCUT2D eigenvalue weighted by molar-refractivity contribution is 6.00. The monoisotopic (exact) mass is 487 g/mol. The number of aromatic nitrogens is 1. The standard InChI is InChI=1S/C25H28F3N5O2/c1-17-6-4-7-19(14-17)21-15-22(31-24(3,30-21)16-35-18(2)34)32-10-12-33(13-11-32)23-20(25(26,27)28)8-5-9-29-23/h4-9,14-15,30H,10-13,16H2,1-3H3. The zero-order chi connectivity index (χ0) is 25.2. The Hall–Kier alpha value is -3.56. The summed E-state index contributed by atoms with van der Waals surface area (Å²) >= 11 is 0. The summed E-state index contributed by atoms with van der Waals surface area (Å²) in [5, 5.41) is 3.38. The number of hydrogen-bond donors (Lipinski definition) is 1. The first-order chi connectivity index (χ1) is 16.5. The zero-order valence-electron chi connectivity index (χ0n) is 19.9. The Morgan fingerprint density at radius 2 is 1.86 bits per heavy atom. The number of esters is 1. The molecule has 0 aliphatic carbocycles. The molecule has 35 heavy (non-hydrogen) atoms. The fourth-order valence-electron chi connectivity index (χ4n) is 4.23. The predicted octanol–water partition coefficient (Wildman–Crippen LogP) is 3.85. The number of hydrogen-bond acceptors (Lipinski definition) is 7. The Morgan fingerprint density at radius 1 is 1.14 bits per heavy atom. The number of halogens is 3. The van der Waals surface area contributed by atoms with Crippen LogP contribution in [0.2, 0.25) is 0 Å². The van der Waals surface area contributed by atoms with Crippen LogP contribution in [0, 0.1) is 6.92 Å². The van der Waals surface area contributed by atoms with Gasteiger partial charge in [-0.05, 0) is 37.6 Å². The number of benzene rings is 1. The molecule has 1 unspecified atom stereocenters. The van der Waals surface area contributed by atoms with Crippen molar-refractivity contribution in [1.82, 2.24) is 15.2 Å². The molecule has 7 nitrogen and oxygen atoms in total. The van der Waals surface area contributed by atoms with E-state index >= 15 is 0 Å². The fraction of sp³-hybridized carbons (Fsp3) is 0.400. The third kappa shape index (κ3) is 5.75. The van der Waals surface area contributed by atoms with Crippen molar-refractivity contribution in [2.45, 2.75) is 32.6 Å². The molecule has 2 aliphatic rings. The van der Waals surface area contributed by atoms with Gasteiger partial charge in [-0.2, -0.15) is 13.2 Å². The minimum absolute atomic E-state index is 0.0395. The highest BCUT2D eigenvalue weighted by Crippen LogP contribution is 2.35. The molecule has 1 fully saturated rings. The minimum Gasteiger partial charge on any atom is -0.461 e. The van der Waals surface area contributed by atoms with Gasteiger partial charge in [0, 0.05) is 51.1 Å². The number of alkyl halides is 3. The van der Waals surface area contributed by atoms with Crippen LogP contribution in [0.4, 0.5) is 19.0 Å². The van der Waals surface area contributed by atoms with Crippen LogP contribution in [-0.2, 0) is 15.7 Å². The van der Waals surface area contributed by atoms with Crippen molar-refractivity contribution in [3.63, 3.8) is 0 Å². The Labute approximate surface area is 202 Å². The molecule has 0 radical (unpaired) electrons. The molecule has 0 saturated carbocycles. The molecule has 10 heteroatoms. The number of aliphatic imine (C=N–C) groups is 1. The highest BCUT2D eigenvalue weighted by Gasteiger charge is 2.37. The number of rotatable bonds is 4. The normalized spacial score (nSPS) is 20.6. The maximum Gasteiger partial charge on any atom is 0.419 e. The van der Waals surface area contributed by atoms with Crippen LogP contribution >= 0.6 is 0 Å². The lowest BCUT2D eigenvalue weighted by atomic mass is 10.0. The van der Waals surface area contributed by atoms with E-state index in [0.717, 1.165) is 22.9 Å². The average Bonchev–Trinajstić information content (AvgIpc) is 2.82. The molecule has 2 aromatic rings. The molecule has 0 amide bonds. The smallest absolute Gasteiger partial charge is 0.419 e. The number of nitrogens with one attached hydrogen (secondary N) is 1. The first-order valence-electron chi connectivity index (χ1n) is 11.4. The summed E-state index contributed by atoms with van der Waals surface area (Å²) in [6, 6.07) is 10.4. The summed E-state index contributed by atoms with van der Waals surface area (Å²) in [5.74, 6) is 0.232. The van der Waals surface area contributed by atoms with E-state index < -0.39 is 23.4 Å². The topological polar surface area (TPSA) is 70.1 Å². The van der Waals surface area contributed by atoms with Gasteiger partial charge in [0.2, 0.25) is 0 Å². The molecule has 1 N–H and O–H groups in total. The first kappa shape index (κ1) is 24.6. The third-order valence-electron chi connectivity index (χ3n) is 5.92. The number of carbonyl (C=O) groups excluding carboxylic acids is 1. The van der Waals surface area contributed by atoms with Gasteiger partial charge >= 0.3 is 12.1 Å². The molecule has 1 aromatic carbocycles. The van der Waals surface area contributed by atoms with Crippen LogP contribution in [0.25, 0.3) is 5.70 Å². The number of piperazine rings is 1. The molecule has 4 rings (SSSR count). The second-order valence-electron chi connectivity index (χ2n) is 8.92. The van der Waals surface area contributed by atoms with E-state index in [4.69, 9.17) is 9.73 Å². The fourth-order valence-corrected chi connectivity index (χ4v) is 4.23. The number of aryl methyl sites for hydroxylation is 1. The predicted molar refractivity (Wildman–Crippen MR) is 128 cm³/mol. The molecule has 0 spiro atoms. The van der Waals surface area contributed by atoms with Crippen molar-refractivity contribution < 1.29 is 22.7 Å². The van der Waals surface area contributed by atoms with E-state index in [0.29, 0.717) is 32.0 Å².